The highest BCUT2D eigenvalue weighted by molar-refractivity contribution is 6.30. The van der Waals surface area contributed by atoms with Crippen molar-refractivity contribution in [2.24, 2.45) is 0 Å². The number of hydrogen-bond acceptors (Lipinski definition) is 2. The maximum absolute atomic E-state index is 6.04. The number of aromatic nitrogens is 3. The Kier molecular flexibility index (Phi) is 3.69. The third-order valence-electron chi connectivity index (χ3n) is 2.48. The van der Waals surface area contributed by atoms with Gasteiger partial charge in [0.1, 0.15) is 5.82 Å². The summed E-state index contributed by atoms with van der Waals surface area (Å²) in [6.45, 7) is 4.77. The van der Waals surface area contributed by atoms with E-state index in [1.54, 1.807) is 0 Å². The third kappa shape index (κ3) is 2.79. The average Bonchev–Trinajstić information content (AvgIpc) is 2.61. The highest BCUT2D eigenvalue weighted by Crippen LogP contribution is 2.19. The lowest BCUT2D eigenvalue weighted by atomic mass is 10.2. The minimum absolute atomic E-state index is 0.286. The van der Waals surface area contributed by atoms with Crippen LogP contribution in [-0.2, 0) is 6.54 Å². The predicted molar refractivity (Wildman–Crippen MR) is 69.7 cm³/mol. The van der Waals surface area contributed by atoms with Gasteiger partial charge in [0.15, 0.2) is 0 Å². The van der Waals surface area contributed by atoms with E-state index in [1.807, 2.05) is 28.8 Å². The van der Waals surface area contributed by atoms with Gasteiger partial charge in [0.2, 0.25) is 5.28 Å². The Morgan fingerprint density at radius 1 is 1.24 bits per heavy atom. The largest absolute Gasteiger partial charge is 0.297 e. The molecular weight excluding hydrogens is 257 g/mol. The van der Waals surface area contributed by atoms with Crippen LogP contribution in [0.4, 0.5) is 0 Å². The van der Waals surface area contributed by atoms with Gasteiger partial charge in [0, 0.05) is 10.9 Å². The second kappa shape index (κ2) is 5.07. The smallest absolute Gasteiger partial charge is 0.225 e. The summed E-state index contributed by atoms with van der Waals surface area (Å²) in [5.41, 5.74) is 1.08. The zero-order valence-corrected chi connectivity index (χ0v) is 11.2. The standard InChI is InChI=1S/C12H13Cl2N3/c1-8(2)11-15-16-12(14)17(11)7-9-4-3-5-10(13)6-9/h3-6,8H,7H2,1-2H3. The highest BCUT2D eigenvalue weighted by Gasteiger charge is 2.13. The van der Waals surface area contributed by atoms with Crippen LogP contribution in [0, 0.1) is 0 Å². The summed E-state index contributed by atoms with van der Waals surface area (Å²) in [6.07, 6.45) is 0. The summed E-state index contributed by atoms with van der Waals surface area (Å²) in [6, 6.07) is 7.70. The van der Waals surface area contributed by atoms with Crippen LogP contribution in [0.25, 0.3) is 0 Å². The maximum Gasteiger partial charge on any atom is 0.225 e. The number of nitrogens with zero attached hydrogens (tertiary/aromatic N) is 3. The lowest BCUT2D eigenvalue weighted by molar-refractivity contribution is 0.669. The van der Waals surface area contributed by atoms with Crippen LogP contribution in [-0.4, -0.2) is 14.8 Å². The van der Waals surface area contributed by atoms with Gasteiger partial charge >= 0.3 is 0 Å². The molecule has 0 fully saturated rings. The molecule has 5 heteroatoms. The van der Waals surface area contributed by atoms with Crippen LogP contribution < -0.4 is 0 Å². The van der Waals surface area contributed by atoms with Gasteiger partial charge in [0.25, 0.3) is 0 Å². The average molecular weight is 270 g/mol. The molecule has 0 unspecified atom stereocenters. The van der Waals surface area contributed by atoms with Gasteiger partial charge in [-0.15, -0.1) is 10.2 Å². The van der Waals surface area contributed by atoms with Crippen molar-refractivity contribution in [2.45, 2.75) is 26.3 Å². The number of hydrogen-bond donors (Lipinski definition) is 0. The van der Waals surface area contributed by atoms with E-state index in [1.165, 1.54) is 0 Å². The van der Waals surface area contributed by atoms with Gasteiger partial charge in [-0.25, -0.2) is 0 Å². The van der Waals surface area contributed by atoms with Gasteiger partial charge in [-0.05, 0) is 29.3 Å². The lowest BCUT2D eigenvalue weighted by Crippen LogP contribution is -2.06. The Morgan fingerprint density at radius 2 is 2.00 bits per heavy atom. The normalized spacial score (nSPS) is 11.1. The van der Waals surface area contributed by atoms with Crippen molar-refractivity contribution >= 4 is 23.2 Å². The molecule has 0 aliphatic carbocycles. The topological polar surface area (TPSA) is 30.7 Å². The van der Waals surface area contributed by atoms with Crippen molar-refractivity contribution in [2.75, 3.05) is 0 Å². The zero-order valence-electron chi connectivity index (χ0n) is 9.69. The molecule has 0 spiro atoms. The summed E-state index contributed by atoms with van der Waals surface area (Å²) in [5, 5.41) is 9.11. The molecule has 0 radical (unpaired) electrons. The first-order chi connectivity index (χ1) is 8.08. The van der Waals surface area contributed by atoms with Crippen LogP contribution in [0.15, 0.2) is 24.3 Å². The van der Waals surface area contributed by atoms with E-state index in [2.05, 4.69) is 24.0 Å². The predicted octanol–water partition coefficient (Wildman–Crippen LogP) is 3.76. The Labute approximate surface area is 110 Å². The molecule has 2 rings (SSSR count). The number of halogens is 2. The van der Waals surface area contributed by atoms with Gasteiger partial charge in [0.05, 0.1) is 6.54 Å². The minimum Gasteiger partial charge on any atom is -0.297 e. The van der Waals surface area contributed by atoms with Crippen molar-refractivity contribution < 1.29 is 0 Å². The molecule has 1 aromatic carbocycles. The van der Waals surface area contributed by atoms with E-state index in [0.717, 1.165) is 16.4 Å². The summed E-state index contributed by atoms with van der Waals surface area (Å²) < 4.78 is 1.90. The molecule has 0 atom stereocenters. The zero-order chi connectivity index (χ0) is 12.4. The first-order valence-corrected chi connectivity index (χ1v) is 6.16. The van der Waals surface area contributed by atoms with E-state index in [4.69, 9.17) is 23.2 Å². The molecule has 0 bridgehead atoms. The molecule has 0 saturated heterocycles. The van der Waals surface area contributed by atoms with E-state index in [-0.39, 0.29) is 5.92 Å². The fourth-order valence-electron chi connectivity index (χ4n) is 1.69. The SMILES string of the molecule is CC(C)c1nnc(Cl)n1Cc1cccc(Cl)c1. The second-order valence-corrected chi connectivity index (χ2v) is 4.97. The first kappa shape index (κ1) is 12.4. The molecule has 90 valence electrons. The van der Waals surface area contributed by atoms with E-state index in [9.17, 15) is 0 Å². The second-order valence-electron chi connectivity index (χ2n) is 4.20. The Bertz CT molecular complexity index is 520. The van der Waals surface area contributed by atoms with Crippen molar-refractivity contribution in [1.29, 1.82) is 0 Å². The van der Waals surface area contributed by atoms with Gasteiger partial charge in [-0.2, -0.15) is 0 Å². The first-order valence-electron chi connectivity index (χ1n) is 5.41. The molecular formula is C12H13Cl2N3. The Balaban J connectivity index is 2.32. The van der Waals surface area contributed by atoms with E-state index in [0.29, 0.717) is 11.8 Å². The molecule has 17 heavy (non-hydrogen) atoms. The fourth-order valence-corrected chi connectivity index (χ4v) is 2.08. The van der Waals surface area contributed by atoms with Crippen molar-refractivity contribution in [3.63, 3.8) is 0 Å². The molecule has 2 aromatic rings. The fraction of sp³-hybridized carbons (Fsp3) is 0.333. The molecule has 0 amide bonds. The molecule has 1 aromatic heterocycles. The molecule has 0 saturated carbocycles. The van der Waals surface area contributed by atoms with Crippen molar-refractivity contribution in [3.05, 3.63) is 46.0 Å². The van der Waals surface area contributed by atoms with Crippen LogP contribution in [0.1, 0.15) is 31.2 Å². The van der Waals surface area contributed by atoms with Crippen molar-refractivity contribution in [1.82, 2.24) is 14.8 Å². The monoisotopic (exact) mass is 269 g/mol. The molecule has 3 nitrogen and oxygen atoms in total. The van der Waals surface area contributed by atoms with E-state index >= 15 is 0 Å². The maximum atomic E-state index is 6.04. The van der Waals surface area contributed by atoms with Crippen LogP contribution >= 0.6 is 23.2 Å². The van der Waals surface area contributed by atoms with Crippen LogP contribution in [0.3, 0.4) is 0 Å². The molecule has 0 N–H and O–H groups in total. The summed E-state index contributed by atoms with van der Waals surface area (Å²) in [4.78, 5) is 0. The number of benzene rings is 1. The summed E-state index contributed by atoms with van der Waals surface area (Å²) in [5.74, 6) is 1.17. The Hall–Kier alpha value is -1.06. The quantitative estimate of drug-likeness (QED) is 0.850. The lowest BCUT2D eigenvalue weighted by Gasteiger charge is -2.10. The van der Waals surface area contributed by atoms with Gasteiger partial charge < -0.3 is 0 Å². The molecule has 0 aliphatic heterocycles. The minimum atomic E-state index is 0.286. The summed E-state index contributed by atoms with van der Waals surface area (Å²) in [7, 11) is 0. The molecule has 0 aliphatic rings. The highest BCUT2D eigenvalue weighted by atomic mass is 35.5. The van der Waals surface area contributed by atoms with E-state index < -0.39 is 0 Å². The van der Waals surface area contributed by atoms with Crippen LogP contribution in [0.2, 0.25) is 10.3 Å². The van der Waals surface area contributed by atoms with Gasteiger partial charge in [-0.1, -0.05) is 37.6 Å². The van der Waals surface area contributed by atoms with Crippen LogP contribution in [0.5, 0.6) is 0 Å². The summed E-state index contributed by atoms with van der Waals surface area (Å²) >= 11 is 12.0. The Morgan fingerprint density at radius 3 is 2.65 bits per heavy atom. The van der Waals surface area contributed by atoms with Gasteiger partial charge in [-0.3, -0.25) is 4.57 Å². The number of rotatable bonds is 3. The molecule has 1 heterocycles. The van der Waals surface area contributed by atoms with Crippen molar-refractivity contribution in [3.8, 4) is 0 Å². The third-order valence-corrected chi connectivity index (χ3v) is 3.00.